The number of hydrogen-bond donors (Lipinski definition) is 1. The van der Waals surface area contributed by atoms with Crippen LogP contribution in [0.15, 0.2) is 4.99 Å². The van der Waals surface area contributed by atoms with Crippen LogP contribution in [0.5, 0.6) is 0 Å². The van der Waals surface area contributed by atoms with Gasteiger partial charge in [-0.15, -0.1) is 0 Å². The highest BCUT2D eigenvalue weighted by molar-refractivity contribution is 5.78. The van der Waals surface area contributed by atoms with Crippen molar-refractivity contribution in [2.24, 2.45) is 4.99 Å². The van der Waals surface area contributed by atoms with E-state index in [2.05, 4.69) is 10.3 Å². The highest BCUT2D eigenvalue weighted by atomic mass is 15.2. The van der Waals surface area contributed by atoms with Crippen LogP contribution < -0.4 is 5.32 Å². The van der Waals surface area contributed by atoms with Gasteiger partial charge in [0.2, 0.25) is 0 Å². The Morgan fingerprint density at radius 1 is 1.55 bits per heavy atom. The molecule has 0 aliphatic carbocycles. The zero-order valence-corrected chi connectivity index (χ0v) is 7.24. The van der Waals surface area contributed by atoms with Gasteiger partial charge in [-0.3, -0.25) is 9.90 Å². The van der Waals surface area contributed by atoms with E-state index in [4.69, 9.17) is 11.1 Å². The molecule has 64 valence electrons. The molecule has 0 rings (SSSR count). The summed E-state index contributed by atoms with van der Waals surface area (Å²) >= 11 is 0. The summed E-state index contributed by atoms with van der Waals surface area (Å²) in [6.45, 7) is 0. The van der Waals surface area contributed by atoms with Crippen molar-refractivity contribution in [1.29, 1.82) is 0 Å². The molecule has 0 spiro atoms. The first-order chi connectivity index (χ1) is 5.13. The average molecular weight is 158 g/mol. The molecule has 6 heteroatoms. The van der Waals surface area contributed by atoms with Crippen molar-refractivity contribution in [1.82, 2.24) is 10.2 Å². The second kappa shape index (κ2) is 8.58. The Balaban J connectivity index is -0.000000177. The summed E-state index contributed by atoms with van der Waals surface area (Å²) in [5, 5.41) is 2.93. The lowest BCUT2D eigenvalue weighted by atomic mass is 10.8. The van der Waals surface area contributed by atoms with Crippen LogP contribution in [0.2, 0.25) is 0 Å². The van der Waals surface area contributed by atoms with E-state index >= 15 is 0 Å². The molecule has 0 saturated carbocycles. The monoisotopic (exact) mass is 158 g/mol. The summed E-state index contributed by atoms with van der Waals surface area (Å²) in [7, 11) is 7.49. The third-order valence-electron chi connectivity index (χ3n) is 0.859. The van der Waals surface area contributed by atoms with Crippen molar-refractivity contribution in [2.75, 3.05) is 28.2 Å². The number of guanidine groups is 1. The van der Waals surface area contributed by atoms with E-state index in [1.807, 2.05) is 26.0 Å². The maximum absolute atomic E-state index is 6.75. The molecule has 6 nitrogen and oxygen atoms in total. The number of hydrogen-bond acceptors (Lipinski definition) is 1. The lowest BCUT2D eigenvalue weighted by molar-refractivity contribution is 0.596. The first-order valence-electron chi connectivity index (χ1n) is 2.94. The molecule has 0 radical (unpaired) electrons. The molecule has 0 aliphatic heterocycles. The number of aliphatic imine (C=N–C) groups is 1. The van der Waals surface area contributed by atoms with Crippen LogP contribution in [0.25, 0.3) is 16.0 Å². The van der Waals surface area contributed by atoms with Crippen LogP contribution in [0.3, 0.4) is 0 Å². The number of nitrogens with zero attached hydrogens (tertiary/aromatic N) is 5. The molecule has 11 heavy (non-hydrogen) atoms. The van der Waals surface area contributed by atoms with Crippen LogP contribution in [0.4, 0.5) is 0 Å². The van der Waals surface area contributed by atoms with Gasteiger partial charge >= 0.3 is 1.43 Å². The van der Waals surface area contributed by atoms with Gasteiger partial charge in [-0.25, -0.2) is 0 Å². The normalized spacial score (nSPS) is 8.91. The maximum Gasteiger partial charge on any atom is 1.00 e. The van der Waals surface area contributed by atoms with Crippen molar-refractivity contribution in [3.63, 3.8) is 0 Å². The van der Waals surface area contributed by atoms with E-state index in [1.54, 1.807) is 7.05 Å². The second-order valence-electron chi connectivity index (χ2n) is 1.78. The summed E-state index contributed by atoms with van der Waals surface area (Å²) in [5.41, 5.74) is 13.5. The van der Waals surface area contributed by atoms with Gasteiger partial charge in [0.05, 0.1) is 0 Å². The average Bonchev–Trinajstić information content (AvgIpc) is 1.91. The third-order valence-corrected chi connectivity index (χ3v) is 0.859. The van der Waals surface area contributed by atoms with Gasteiger partial charge in [0, 0.05) is 28.2 Å². The quantitative estimate of drug-likeness (QED) is 0.185. The second-order valence-corrected chi connectivity index (χ2v) is 1.78. The van der Waals surface area contributed by atoms with Crippen molar-refractivity contribution < 1.29 is 1.43 Å². The third kappa shape index (κ3) is 8.58. The van der Waals surface area contributed by atoms with Crippen molar-refractivity contribution in [2.45, 2.75) is 0 Å². The van der Waals surface area contributed by atoms with Gasteiger partial charge in [0.15, 0.2) is 5.96 Å². The van der Waals surface area contributed by atoms with Crippen LogP contribution in [0.1, 0.15) is 1.43 Å². The van der Waals surface area contributed by atoms with E-state index in [0.717, 1.165) is 5.96 Å². The first-order valence-corrected chi connectivity index (χ1v) is 2.94. The van der Waals surface area contributed by atoms with E-state index < -0.39 is 0 Å². The molecule has 0 aromatic rings. The van der Waals surface area contributed by atoms with Crippen LogP contribution in [-0.4, -0.2) is 39.1 Å². The van der Waals surface area contributed by atoms with Crippen molar-refractivity contribution in [3.05, 3.63) is 16.0 Å². The zero-order valence-electron chi connectivity index (χ0n) is 8.24. The van der Waals surface area contributed by atoms with E-state index in [0.29, 0.717) is 0 Å². The molecule has 1 N–H and O–H groups in total. The Labute approximate surface area is 67.8 Å². The summed E-state index contributed by atoms with van der Waals surface area (Å²) in [4.78, 5) is 7.35. The molecule has 0 unspecified atom stereocenters. The minimum Gasteiger partial charge on any atom is -0.373 e. The van der Waals surface area contributed by atoms with Gasteiger partial charge in [-0.1, -0.05) is 0 Å². The molecule has 0 heterocycles. The minimum absolute atomic E-state index is 0. The Kier molecular flexibility index (Phi) is 9.57. The van der Waals surface area contributed by atoms with Crippen molar-refractivity contribution in [3.8, 4) is 0 Å². The Hall–Kier alpha value is -1.42. The number of nitrogens with one attached hydrogen (secondary N) is 1. The fourth-order valence-corrected chi connectivity index (χ4v) is 0.535. The van der Waals surface area contributed by atoms with Crippen molar-refractivity contribution >= 4 is 5.96 Å². The SMILES string of the molecule is CN=C(NC)N(C)C.[H+].[N-]=[N+]=[N-]. The van der Waals surface area contributed by atoms with E-state index in [-0.39, 0.29) is 1.43 Å². The first kappa shape index (κ1) is 12.3. The molecular formula is C5H14N6. The van der Waals surface area contributed by atoms with Gasteiger partial charge < -0.3 is 21.3 Å². The molecule has 0 bridgehead atoms. The molecule has 0 aromatic carbocycles. The summed E-state index contributed by atoms with van der Waals surface area (Å²) in [6, 6.07) is 0. The standard InChI is InChI=1S/C5H13N3.N3/c1-6-5(7-2)8(3)4;1-3-2/h1-4H3,(H,6,7);/q;-1/p+1. The zero-order chi connectivity index (χ0) is 9.28. The van der Waals surface area contributed by atoms with Crippen LogP contribution in [-0.2, 0) is 0 Å². The topological polar surface area (TPSA) is 86.3 Å². The van der Waals surface area contributed by atoms with Gasteiger partial charge in [0.25, 0.3) is 0 Å². The summed E-state index contributed by atoms with van der Waals surface area (Å²) in [6.07, 6.45) is 0. The molecule has 0 amide bonds. The number of rotatable bonds is 0. The summed E-state index contributed by atoms with van der Waals surface area (Å²) in [5.74, 6) is 0.894. The maximum atomic E-state index is 6.75. The lowest BCUT2D eigenvalue weighted by Crippen LogP contribution is -2.33. The molecule has 0 aromatic heterocycles. The Morgan fingerprint density at radius 2 is 1.91 bits per heavy atom. The van der Waals surface area contributed by atoms with Crippen LogP contribution in [0, 0.1) is 0 Å². The van der Waals surface area contributed by atoms with E-state index in [9.17, 15) is 0 Å². The minimum atomic E-state index is 0. The molecule has 0 atom stereocenters. The Morgan fingerprint density at radius 3 is 1.91 bits per heavy atom. The highest BCUT2D eigenvalue weighted by Gasteiger charge is 1.91. The van der Waals surface area contributed by atoms with Gasteiger partial charge in [0.1, 0.15) is 0 Å². The fourth-order valence-electron chi connectivity index (χ4n) is 0.535. The molecular weight excluding hydrogens is 144 g/mol. The smallest absolute Gasteiger partial charge is 0.373 e. The molecule has 0 fully saturated rings. The van der Waals surface area contributed by atoms with Gasteiger partial charge in [-0.05, 0) is 0 Å². The highest BCUT2D eigenvalue weighted by Crippen LogP contribution is 1.73. The predicted octanol–water partition coefficient (Wildman–Crippen LogP) is 0.732. The lowest BCUT2D eigenvalue weighted by Gasteiger charge is -2.12. The summed E-state index contributed by atoms with van der Waals surface area (Å²) < 4.78 is 0. The predicted molar refractivity (Wildman–Crippen MR) is 47.3 cm³/mol. The largest absolute Gasteiger partial charge is 1.00 e. The Bertz CT molecular complexity index is 148. The van der Waals surface area contributed by atoms with E-state index in [1.165, 1.54) is 4.91 Å². The molecule has 0 aliphatic rings. The van der Waals surface area contributed by atoms with Crippen LogP contribution >= 0.6 is 0 Å². The fraction of sp³-hybridized carbons (Fsp3) is 0.800. The van der Waals surface area contributed by atoms with Gasteiger partial charge in [-0.2, -0.15) is 0 Å². The molecule has 0 saturated heterocycles.